The number of carbonyl (C=O) groups is 1. The molecule has 82 valence electrons. The first-order chi connectivity index (χ1) is 7.20. The Kier molecular flexibility index (Phi) is 2.86. The highest BCUT2D eigenvalue weighted by Crippen LogP contribution is 2.25. The second-order valence-corrected chi connectivity index (χ2v) is 4.35. The van der Waals surface area contributed by atoms with Crippen molar-refractivity contribution in [1.82, 2.24) is 9.36 Å². The number of hydrogen-bond donors (Lipinski definition) is 1. The molecule has 0 spiro atoms. The molecular formula is C9H13N3O2S. The van der Waals surface area contributed by atoms with Gasteiger partial charge in [0.05, 0.1) is 5.92 Å². The van der Waals surface area contributed by atoms with Crippen LogP contribution < -0.4 is 4.90 Å². The third-order valence-corrected chi connectivity index (χ3v) is 3.40. The van der Waals surface area contributed by atoms with Crippen molar-refractivity contribution in [3.8, 4) is 0 Å². The van der Waals surface area contributed by atoms with Gasteiger partial charge in [0, 0.05) is 31.0 Å². The molecule has 0 aromatic carbocycles. The number of aromatic nitrogens is 2. The molecule has 1 N–H and O–H groups in total. The summed E-state index contributed by atoms with van der Waals surface area (Å²) >= 11 is 1.36. The lowest BCUT2D eigenvalue weighted by molar-refractivity contribution is -0.140. The number of carboxylic acid groups (broad SMARTS) is 1. The Morgan fingerprint density at radius 3 is 3.07 bits per heavy atom. The Balaban J connectivity index is 2.04. The Hall–Kier alpha value is -1.17. The summed E-state index contributed by atoms with van der Waals surface area (Å²) in [6.45, 7) is 3.35. The van der Waals surface area contributed by atoms with Gasteiger partial charge in [-0.3, -0.25) is 4.79 Å². The number of hydrogen-bond acceptors (Lipinski definition) is 5. The van der Waals surface area contributed by atoms with Gasteiger partial charge in [0.1, 0.15) is 5.82 Å². The van der Waals surface area contributed by atoms with Crippen LogP contribution >= 0.6 is 11.5 Å². The monoisotopic (exact) mass is 227 g/mol. The van der Waals surface area contributed by atoms with Gasteiger partial charge in [-0.15, -0.1) is 0 Å². The Bertz CT molecular complexity index is 366. The smallest absolute Gasteiger partial charge is 0.308 e. The zero-order chi connectivity index (χ0) is 10.8. The Labute approximate surface area is 91.9 Å². The van der Waals surface area contributed by atoms with E-state index in [-0.39, 0.29) is 5.92 Å². The van der Waals surface area contributed by atoms with Gasteiger partial charge < -0.3 is 10.0 Å². The molecule has 1 fully saturated rings. The Morgan fingerprint density at radius 1 is 1.73 bits per heavy atom. The number of carboxylic acids is 1. The van der Waals surface area contributed by atoms with Crippen LogP contribution in [0.2, 0.25) is 0 Å². The lowest BCUT2D eigenvalue weighted by Gasteiger charge is -2.12. The van der Waals surface area contributed by atoms with Gasteiger partial charge >= 0.3 is 5.97 Å². The molecule has 0 aliphatic carbocycles. The summed E-state index contributed by atoms with van der Waals surface area (Å²) in [4.78, 5) is 17.1. The Morgan fingerprint density at radius 2 is 2.53 bits per heavy atom. The number of rotatable bonds is 3. The molecule has 0 saturated carbocycles. The van der Waals surface area contributed by atoms with Crippen molar-refractivity contribution in [1.29, 1.82) is 0 Å². The fraction of sp³-hybridized carbons (Fsp3) is 0.667. The van der Waals surface area contributed by atoms with E-state index < -0.39 is 5.97 Å². The van der Waals surface area contributed by atoms with E-state index in [1.165, 1.54) is 11.5 Å². The maximum atomic E-state index is 10.8. The summed E-state index contributed by atoms with van der Waals surface area (Å²) in [5.41, 5.74) is 0. The van der Waals surface area contributed by atoms with Gasteiger partial charge in [-0.2, -0.15) is 4.37 Å². The molecule has 0 amide bonds. The predicted octanol–water partition coefficient (Wildman–Crippen LogP) is 1.01. The van der Waals surface area contributed by atoms with E-state index in [9.17, 15) is 4.79 Å². The van der Waals surface area contributed by atoms with Gasteiger partial charge in [0.15, 0.2) is 0 Å². The standard InChI is InChI=1S/C9H13N3O2S/c1-2-7-10-9(15-11-7)12-4-3-6(5-12)8(13)14/h6H,2-5H2,1H3,(H,13,14). The van der Waals surface area contributed by atoms with Crippen LogP contribution in [0.5, 0.6) is 0 Å². The van der Waals surface area contributed by atoms with Crippen LogP contribution in [-0.4, -0.2) is 33.5 Å². The highest BCUT2D eigenvalue weighted by atomic mass is 32.1. The van der Waals surface area contributed by atoms with E-state index in [1.54, 1.807) is 0 Å². The third kappa shape index (κ3) is 2.09. The van der Waals surface area contributed by atoms with Crippen LogP contribution in [0.15, 0.2) is 0 Å². The minimum Gasteiger partial charge on any atom is -0.481 e. The van der Waals surface area contributed by atoms with E-state index in [2.05, 4.69) is 9.36 Å². The van der Waals surface area contributed by atoms with Gasteiger partial charge in [-0.1, -0.05) is 6.92 Å². The van der Waals surface area contributed by atoms with Crippen LogP contribution in [0.1, 0.15) is 19.2 Å². The SMILES string of the molecule is CCc1nsc(N2CCC(C(=O)O)C2)n1. The summed E-state index contributed by atoms with van der Waals surface area (Å²) in [7, 11) is 0. The van der Waals surface area contributed by atoms with Crippen molar-refractivity contribution in [3.63, 3.8) is 0 Å². The molecular weight excluding hydrogens is 214 g/mol. The zero-order valence-corrected chi connectivity index (χ0v) is 9.33. The second-order valence-electron chi connectivity index (χ2n) is 3.62. The van der Waals surface area contributed by atoms with Crippen molar-refractivity contribution in [3.05, 3.63) is 5.82 Å². The average molecular weight is 227 g/mol. The molecule has 0 bridgehead atoms. The molecule has 1 aromatic heterocycles. The summed E-state index contributed by atoms with van der Waals surface area (Å²) in [6, 6.07) is 0. The zero-order valence-electron chi connectivity index (χ0n) is 8.51. The van der Waals surface area contributed by atoms with Crippen molar-refractivity contribution in [2.75, 3.05) is 18.0 Å². The molecule has 1 aliphatic heterocycles. The number of aryl methyl sites for hydroxylation is 1. The van der Waals surface area contributed by atoms with Crippen LogP contribution in [0.4, 0.5) is 5.13 Å². The van der Waals surface area contributed by atoms with E-state index in [0.29, 0.717) is 13.0 Å². The van der Waals surface area contributed by atoms with Gasteiger partial charge in [0.25, 0.3) is 0 Å². The fourth-order valence-corrected chi connectivity index (χ4v) is 2.44. The van der Waals surface area contributed by atoms with Crippen molar-refractivity contribution >= 4 is 22.6 Å². The lowest BCUT2D eigenvalue weighted by atomic mass is 10.1. The van der Waals surface area contributed by atoms with Crippen molar-refractivity contribution in [2.24, 2.45) is 5.92 Å². The molecule has 2 rings (SSSR count). The normalized spacial score (nSPS) is 20.9. The second kappa shape index (κ2) is 4.14. The molecule has 6 heteroatoms. The third-order valence-electron chi connectivity index (χ3n) is 2.58. The maximum absolute atomic E-state index is 10.8. The quantitative estimate of drug-likeness (QED) is 0.834. The topological polar surface area (TPSA) is 66.3 Å². The van der Waals surface area contributed by atoms with Gasteiger partial charge in [0.2, 0.25) is 5.13 Å². The summed E-state index contributed by atoms with van der Waals surface area (Å²) in [5, 5.41) is 9.73. The molecule has 0 radical (unpaired) electrons. The lowest BCUT2D eigenvalue weighted by Crippen LogP contribution is -2.22. The summed E-state index contributed by atoms with van der Waals surface area (Å²) in [6.07, 6.45) is 1.53. The van der Waals surface area contributed by atoms with E-state index in [4.69, 9.17) is 5.11 Å². The molecule has 5 nitrogen and oxygen atoms in total. The molecule has 1 aromatic rings. The molecule has 1 atom stereocenters. The summed E-state index contributed by atoms with van der Waals surface area (Å²) in [5.74, 6) is -0.120. The van der Waals surface area contributed by atoms with Crippen LogP contribution in [0.3, 0.4) is 0 Å². The predicted molar refractivity (Wildman–Crippen MR) is 57.2 cm³/mol. The first kappa shape index (κ1) is 10.4. The van der Waals surface area contributed by atoms with Crippen molar-refractivity contribution in [2.45, 2.75) is 19.8 Å². The molecule has 15 heavy (non-hydrogen) atoms. The summed E-state index contributed by atoms with van der Waals surface area (Å²) < 4.78 is 4.19. The first-order valence-electron chi connectivity index (χ1n) is 5.01. The van der Waals surface area contributed by atoms with Crippen LogP contribution in [0.25, 0.3) is 0 Å². The largest absolute Gasteiger partial charge is 0.481 e. The molecule has 1 saturated heterocycles. The molecule has 1 unspecified atom stereocenters. The maximum Gasteiger partial charge on any atom is 0.308 e. The highest BCUT2D eigenvalue weighted by Gasteiger charge is 2.29. The minimum absolute atomic E-state index is 0.251. The fourth-order valence-electron chi connectivity index (χ4n) is 1.65. The van der Waals surface area contributed by atoms with Crippen LogP contribution in [-0.2, 0) is 11.2 Å². The van der Waals surface area contributed by atoms with E-state index in [1.807, 2.05) is 11.8 Å². The molecule has 1 aliphatic rings. The van der Waals surface area contributed by atoms with Gasteiger partial charge in [-0.05, 0) is 6.42 Å². The highest BCUT2D eigenvalue weighted by molar-refractivity contribution is 7.09. The van der Waals surface area contributed by atoms with E-state index >= 15 is 0 Å². The molecule has 2 heterocycles. The van der Waals surface area contributed by atoms with Crippen LogP contribution in [0, 0.1) is 5.92 Å². The van der Waals surface area contributed by atoms with E-state index in [0.717, 1.165) is 23.9 Å². The number of nitrogens with zero attached hydrogens (tertiary/aromatic N) is 3. The van der Waals surface area contributed by atoms with Gasteiger partial charge in [-0.25, -0.2) is 4.98 Å². The number of anilines is 1. The van der Waals surface area contributed by atoms with Crippen molar-refractivity contribution < 1.29 is 9.90 Å². The average Bonchev–Trinajstić information content (AvgIpc) is 2.86. The first-order valence-corrected chi connectivity index (χ1v) is 5.78. The number of aliphatic carboxylic acids is 1. The minimum atomic E-state index is -0.710.